The van der Waals surface area contributed by atoms with Crippen molar-refractivity contribution in [2.75, 3.05) is 26.2 Å². The van der Waals surface area contributed by atoms with Crippen LogP contribution in [0.3, 0.4) is 0 Å². The summed E-state index contributed by atoms with van der Waals surface area (Å²) in [6.07, 6.45) is 3.26. The summed E-state index contributed by atoms with van der Waals surface area (Å²) in [7, 11) is 0. The second-order valence-corrected chi connectivity index (χ2v) is 4.97. The maximum absolute atomic E-state index is 4.66. The molecule has 4 nitrogen and oxygen atoms in total. The molecule has 1 aromatic heterocycles. The van der Waals surface area contributed by atoms with Crippen LogP contribution in [0.4, 0.5) is 0 Å². The van der Waals surface area contributed by atoms with E-state index in [0.717, 1.165) is 44.1 Å². The summed E-state index contributed by atoms with van der Waals surface area (Å²) in [6, 6.07) is 12.4. The molecule has 4 heteroatoms. The third kappa shape index (κ3) is 3.22. The molecule has 0 atom stereocenters. The van der Waals surface area contributed by atoms with Crippen molar-refractivity contribution in [3.05, 3.63) is 48.3 Å². The molecule has 0 radical (unpaired) electrons. The Morgan fingerprint density at radius 2 is 1.95 bits per heavy atom. The van der Waals surface area contributed by atoms with Gasteiger partial charge in [0.15, 0.2) is 0 Å². The highest BCUT2D eigenvalue weighted by Gasteiger charge is 2.10. The van der Waals surface area contributed by atoms with Crippen LogP contribution in [0.15, 0.2) is 42.6 Å². The molecule has 0 amide bonds. The first-order valence-electron chi connectivity index (χ1n) is 6.95. The first kappa shape index (κ1) is 12.4. The molecule has 0 aliphatic carbocycles. The van der Waals surface area contributed by atoms with Crippen molar-refractivity contribution in [2.45, 2.75) is 13.0 Å². The van der Waals surface area contributed by atoms with Gasteiger partial charge in [-0.15, -0.1) is 0 Å². The third-order valence-electron chi connectivity index (χ3n) is 3.48. The van der Waals surface area contributed by atoms with Gasteiger partial charge in [-0.2, -0.15) is 5.10 Å². The Morgan fingerprint density at radius 1 is 1.05 bits per heavy atom. The van der Waals surface area contributed by atoms with Crippen LogP contribution < -0.4 is 5.32 Å². The van der Waals surface area contributed by atoms with Crippen LogP contribution in [0.25, 0.3) is 5.69 Å². The van der Waals surface area contributed by atoms with Crippen LogP contribution in [-0.4, -0.2) is 40.9 Å². The molecule has 1 aliphatic rings. The Hall–Kier alpha value is -1.65. The molecule has 0 unspecified atom stereocenters. The zero-order chi connectivity index (χ0) is 12.9. The summed E-state index contributed by atoms with van der Waals surface area (Å²) in [6.45, 7) is 5.43. The van der Waals surface area contributed by atoms with Crippen molar-refractivity contribution in [3.63, 3.8) is 0 Å². The molecule has 1 aliphatic heterocycles. The standard InChI is InChI=1S/C15H20N4/c1-2-5-15(6-3-1)19-11-7-14(17-19)13-18-10-4-8-16-9-12-18/h1-3,5-7,11,16H,4,8-10,12-13H2. The van der Waals surface area contributed by atoms with Crippen molar-refractivity contribution in [1.29, 1.82) is 0 Å². The van der Waals surface area contributed by atoms with Gasteiger partial charge in [-0.25, -0.2) is 4.68 Å². The highest BCUT2D eigenvalue weighted by molar-refractivity contribution is 5.30. The lowest BCUT2D eigenvalue weighted by molar-refractivity contribution is 0.280. The van der Waals surface area contributed by atoms with E-state index < -0.39 is 0 Å². The van der Waals surface area contributed by atoms with Crippen LogP contribution in [0, 0.1) is 0 Å². The zero-order valence-corrected chi connectivity index (χ0v) is 11.1. The Bertz CT molecular complexity index is 498. The highest BCUT2D eigenvalue weighted by Crippen LogP contribution is 2.09. The first-order chi connectivity index (χ1) is 9.42. The predicted octanol–water partition coefficient (Wildman–Crippen LogP) is 1.67. The van der Waals surface area contributed by atoms with Crippen molar-refractivity contribution in [3.8, 4) is 5.69 Å². The molecule has 2 heterocycles. The fourth-order valence-electron chi connectivity index (χ4n) is 2.46. The van der Waals surface area contributed by atoms with E-state index in [2.05, 4.69) is 33.5 Å². The van der Waals surface area contributed by atoms with Gasteiger partial charge < -0.3 is 5.32 Å². The minimum Gasteiger partial charge on any atom is -0.315 e. The maximum Gasteiger partial charge on any atom is 0.0769 e. The Morgan fingerprint density at radius 3 is 2.84 bits per heavy atom. The monoisotopic (exact) mass is 256 g/mol. The Balaban J connectivity index is 1.68. The molecular weight excluding hydrogens is 236 g/mol. The summed E-state index contributed by atoms with van der Waals surface area (Å²) < 4.78 is 1.95. The average Bonchev–Trinajstić information content (AvgIpc) is 2.76. The number of aromatic nitrogens is 2. The maximum atomic E-state index is 4.66. The van der Waals surface area contributed by atoms with Gasteiger partial charge in [0.25, 0.3) is 0 Å². The van der Waals surface area contributed by atoms with E-state index in [-0.39, 0.29) is 0 Å². The fourth-order valence-corrected chi connectivity index (χ4v) is 2.46. The molecule has 1 aromatic carbocycles. The zero-order valence-electron chi connectivity index (χ0n) is 11.1. The summed E-state index contributed by atoms with van der Waals surface area (Å²) in [5, 5.41) is 8.09. The molecule has 1 saturated heterocycles. The molecular formula is C15H20N4. The van der Waals surface area contributed by atoms with E-state index in [4.69, 9.17) is 0 Å². The van der Waals surface area contributed by atoms with Crippen molar-refractivity contribution < 1.29 is 0 Å². The minimum atomic E-state index is 0.946. The number of nitrogens with one attached hydrogen (secondary N) is 1. The topological polar surface area (TPSA) is 33.1 Å². The lowest BCUT2D eigenvalue weighted by Gasteiger charge is -2.17. The Kier molecular flexibility index (Phi) is 3.91. The van der Waals surface area contributed by atoms with E-state index >= 15 is 0 Å². The third-order valence-corrected chi connectivity index (χ3v) is 3.48. The number of benzene rings is 1. The molecule has 0 bridgehead atoms. The molecule has 3 rings (SSSR count). The fraction of sp³-hybridized carbons (Fsp3) is 0.400. The molecule has 2 aromatic rings. The minimum absolute atomic E-state index is 0.946. The summed E-state index contributed by atoms with van der Waals surface area (Å²) in [5.41, 5.74) is 2.26. The summed E-state index contributed by atoms with van der Waals surface area (Å²) in [4.78, 5) is 2.47. The second-order valence-electron chi connectivity index (χ2n) is 4.97. The van der Waals surface area contributed by atoms with Gasteiger partial charge in [-0.1, -0.05) is 18.2 Å². The quantitative estimate of drug-likeness (QED) is 0.907. The summed E-state index contributed by atoms with van der Waals surface area (Å²) in [5.74, 6) is 0. The van der Waals surface area contributed by atoms with Gasteiger partial charge in [0, 0.05) is 25.8 Å². The number of para-hydroxylation sites is 1. The number of hydrogen-bond acceptors (Lipinski definition) is 3. The lowest BCUT2D eigenvalue weighted by atomic mass is 10.3. The normalized spacial score (nSPS) is 17.3. The van der Waals surface area contributed by atoms with Crippen molar-refractivity contribution in [1.82, 2.24) is 20.0 Å². The van der Waals surface area contributed by atoms with Crippen LogP contribution in [0.2, 0.25) is 0 Å². The summed E-state index contributed by atoms with van der Waals surface area (Å²) >= 11 is 0. The number of nitrogens with zero attached hydrogens (tertiary/aromatic N) is 3. The van der Waals surface area contributed by atoms with Crippen LogP contribution >= 0.6 is 0 Å². The van der Waals surface area contributed by atoms with E-state index in [1.807, 2.05) is 29.1 Å². The molecule has 1 N–H and O–H groups in total. The smallest absolute Gasteiger partial charge is 0.0769 e. The van der Waals surface area contributed by atoms with E-state index in [1.54, 1.807) is 0 Å². The Labute approximate surface area is 114 Å². The predicted molar refractivity (Wildman–Crippen MR) is 76.3 cm³/mol. The van der Waals surface area contributed by atoms with Gasteiger partial charge in [-0.05, 0) is 37.7 Å². The van der Waals surface area contributed by atoms with E-state index in [1.165, 1.54) is 6.42 Å². The molecule has 0 saturated carbocycles. The molecule has 0 spiro atoms. The van der Waals surface area contributed by atoms with Crippen molar-refractivity contribution in [2.24, 2.45) is 0 Å². The largest absolute Gasteiger partial charge is 0.315 e. The number of rotatable bonds is 3. The molecule has 1 fully saturated rings. The van der Waals surface area contributed by atoms with E-state index in [9.17, 15) is 0 Å². The van der Waals surface area contributed by atoms with E-state index in [0.29, 0.717) is 0 Å². The van der Waals surface area contributed by atoms with Crippen molar-refractivity contribution >= 4 is 0 Å². The number of hydrogen-bond donors (Lipinski definition) is 1. The molecule has 19 heavy (non-hydrogen) atoms. The van der Waals surface area contributed by atoms with Crippen LogP contribution in [0.1, 0.15) is 12.1 Å². The first-order valence-corrected chi connectivity index (χ1v) is 6.95. The molecule has 100 valence electrons. The van der Waals surface area contributed by atoms with Gasteiger partial charge in [0.05, 0.1) is 11.4 Å². The van der Waals surface area contributed by atoms with Gasteiger partial charge >= 0.3 is 0 Å². The van der Waals surface area contributed by atoms with Gasteiger partial charge in [0.2, 0.25) is 0 Å². The second kappa shape index (κ2) is 5.99. The SMILES string of the molecule is c1ccc(-n2ccc(CN3CCCNCC3)n2)cc1. The van der Waals surface area contributed by atoms with Gasteiger partial charge in [0.1, 0.15) is 0 Å². The van der Waals surface area contributed by atoms with Crippen LogP contribution in [0.5, 0.6) is 0 Å². The lowest BCUT2D eigenvalue weighted by Crippen LogP contribution is -2.27. The highest BCUT2D eigenvalue weighted by atomic mass is 15.3. The average molecular weight is 256 g/mol. The van der Waals surface area contributed by atoms with Crippen LogP contribution in [-0.2, 0) is 6.54 Å². The van der Waals surface area contributed by atoms with Gasteiger partial charge in [-0.3, -0.25) is 4.90 Å².